The van der Waals surface area contributed by atoms with Crippen molar-refractivity contribution in [2.45, 2.75) is 0 Å². The molecule has 3 rings (SSSR count). The van der Waals surface area contributed by atoms with Crippen LogP contribution < -0.4 is 5.32 Å². The van der Waals surface area contributed by atoms with Crippen molar-refractivity contribution in [1.82, 2.24) is 10.2 Å². The largest absolute Gasteiger partial charge is 0.350 e. The van der Waals surface area contributed by atoms with Crippen LogP contribution in [0.1, 0.15) is 15.9 Å². The fourth-order valence-electron chi connectivity index (χ4n) is 2.56. The minimum absolute atomic E-state index is 0.0401. The standard InChI is InChI=1S/C19H14BrN3O5S/c20-15-4-2-1-3-14(15)17(24)21-9-10-22-18(25)16(29-19(22)26)11-12-5-7-13(8-6-12)23(27)28/h1-8,11H,9-10H2,(H,21,24)/b16-11+. The molecular weight excluding hydrogens is 462 g/mol. The van der Waals surface area contributed by atoms with E-state index in [1.54, 1.807) is 24.3 Å². The number of amides is 3. The second-order valence-electron chi connectivity index (χ2n) is 5.92. The van der Waals surface area contributed by atoms with Crippen molar-refractivity contribution >= 4 is 56.5 Å². The van der Waals surface area contributed by atoms with Gasteiger partial charge < -0.3 is 5.32 Å². The van der Waals surface area contributed by atoms with Crippen LogP contribution >= 0.6 is 27.7 Å². The van der Waals surface area contributed by atoms with Crippen LogP contribution in [0, 0.1) is 10.1 Å². The fraction of sp³-hybridized carbons (Fsp3) is 0.105. The molecular formula is C19H14BrN3O5S. The molecule has 29 heavy (non-hydrogen) atoms. The molecule has 0 unspecified atom stereocenters. The van der Waals surface area contributed by atoms with E-state index >= 15 is 0 Å². The summed E-state index contributed by atoms with van der Waals surface area (Å²) in [7, 11) is 0. The number of benzene rings is 2. The molecule has 0 atom stereocenters. The van der Waals surface area contributed by atoms with E-state index in [0.29, 0.717) is 15.6 Å². The van der Waals surface area contributed by atoms with Crippen molar-refractivity contribution < 1.29 is 19.3 Å². The molecule has 2 aromatic rings. The molecule has 0 bridgehead atoms. The van der Waals surface area contributed by atoms with Crippen LogP contribution in [0.4, 0.5) is 10.5 Å². The molecule has 0 radical (unpaired) electrons. The van der Waals surface area contributed by atoms with E-state index in [9.17, 15) is 24.5 Å². The SMILES string of the molecule is O=C(NCCN1C(=O)S/C(=C/c2ccc([N+](=O)[O-])cc2)C1=O)c1ccccc1Br. The molecule has 3 amide bonds. The lowest BCUT2D eigenvalue weighted by Gasteiger charge is -2.13. The maximum Gasteiger partial charge on any atom is 0.293 e. The summed E-state index contributed by atoms with van der Waals surface area (Å²) in [5, 5.41) is 12.9. The summed E-state index contributed by atoms with van der Waals surface area (Å²) in [4.78, 5) is 48.3. The average Bonchev–Trinajstić information content (AvgIpc) is 2.96. The Morgan fingerprint density at radius 3 is 2.52 bits per heavy atom. The smallest absolute Gasteiger partial charge is 0.293 e. The van der Waals surface area contributed by atoms with Crippen molar-refractivity contribution in [3.05, 3.63) is 79.2 Å². The van der Waals surface area contributed by atoms with Gasteiger partial charge in [0.25, 0.3) is 22.7 Å². The molecule has 8 nitrogen and oxygen atoms in total. The van der Waals surface area contributed by atoms with Gasteiger partial charge in [0.15, 0.2) is 0 Å². The maximum atomic E-state index is 12.5. The number of halogens is 1. The highest BCUT2D eigenvalue weighted by Crippen LogP contribution is 2.32. The van der Waals surface area contributed by atoms with E-state index in [1.807, 2.05) is 0 Å². The summed E-state index contributed by atoms with van der Waals surface area (Å²) in [5.74, 6) is -0.778. The predicted octanol–water partition coefficient (Wildman–Crippen LogP) is 3.82. The number of imide groups is 1. The van der Waals surface area contributed by atoms with Gasteiger partial charge in [-0.3, -0.25) is 29.4 Å². The number of hydrogen-bond donors (Lipinski definition) is 1. The van der Waals surface area contributed by atoms with E-state index < -0.39 is 16.1 Å². The van der Waals surface area contributed by atoms with Crippen LogP contribution in [0.15, 0.2) is 57.9 Å². The fourth-order valence-corrected chi connectivity index (χ4v) is 3.89. The highest BCUT2D eigenvalue weighted by atomic mass is 79.9. The molecule has 1 N–H and O–H groups in total. The number of nitrogens with zero attached hydrogens (tertiary/aromatic N) is 2. The highest BCUT2D eigenvalue weighted by molar-refractivity contribution is 9.10. The van der Waals surface area contributed by atoms with Crippen LogP contribution in [0.2, 0.25) is 0 Å². The Bertz CT molecular complexity index is 1020. The van der Waals surface area contributed by atoms with E-state index in [0.717, 1.165) is 16.7 Å². The van der Waals surface area contributed by atoms with Gasteiger partial charge in [0.05, 0.1) is 15.4 Å². The number of nitrogens with one attached hydrogen (secondary N) is 1. The Kier molecular flexibility index (Phi) is 6.45. The number of nitro groups is 1. The quantitative estimate of drug-likeness (QED) is 0.386. The Labute approximate surface area is 178 Å². The summed E-state index contributed by atoms with van der Waals surface area (Å²) in [6.07, 6.45) is 1.51. The third-order valence-electron chi connectivity index (χ3n) is 4.01. The van der Waals surface area contributed by atoms with Crippen LogP contribution in [0.5, 0.6) is 0 Å². The molecule has 10 heteroatoms. The number of non-ortho nitro benzene ring substituents is 1. The van der Waals surface area contributed by atoms with Gasteiger partial charge in [-0.2, -0.15) is 0 Å². The van der Waals surface area contributed by atoms with Crippen molar-refractivity contribution in [2.24, 2.45) is 0 Å². The summed E-state index contributed by atoms with van der Waals surface area (Å²) in [6, 6.07) is 12.6. The number of rotatable bonds is 6. The first-order valence-corrected chi connectivity index (χ1v) is 10.0. The normalized spacial score (nSPS) is 15.1. The van der Waals surface area contributed by atoms with Gasteiger partial charge in [-0.15, -0.1) is 0 Å². The Morgan fingerprint density at radius 2 is 1.86 bits per heavy atom. The Morgan fingerprint density at radius 1 is 1.17 bits per heavy atom. The van der Waals surface area contributed by atoms with Crippen molar-refractivity contribution in [3.63, 3.8) is 0 Å². The van der Waals surface area contributed by atoms with E-state index in [-0.39, 0.29) is 29.6 Å². The average molecular weight is 476 g/mol. The van der Waals surface area contributed by atoms with Crippen LogP contribution in [0.3, 0.4) is 0 Å². The zero-order valence-corrected chi connectivity index (χ0v) is 17.2. The van der Waals surface area contributed by atoms with Crippen molar-refractivity contribution in [1.29, 1.82) is 0 Å². The van der Waals surface area contributed by atoms with E-state index in [4.69, 9.17) is 0 Å². The number of thioether (sulfide) groups is 1. The van der Waals surface area contributed by atoms with Gasteiger partial charge >= 0.3 is 0 Å². The van der Waals surface area contributed by atoms with Gasteiger partial charge in [-0.05, 0) is 63.6 Å². The summed E-state index contributed by atoms with van der Waals surface area (Å²) in [6.45, 7) is 0.154. The molecule has 0 spiro atoms. The first kappa shape index (κ1) is 20.7. The first-order chi connectivity index (χ1) is 13.9. The molecule has 148 valence electrons. The lowest BCUT2D eigenvalue weighted by atomic mass is 10.2. The summed E-state index contributed by atoms with van der Waals surface area (Å²) >= 11 is 4.09. The number of carbonyl (C=O) groups excluding carboxylic acids is 3. The zero-order valence-electron chi connectivity index (χ0n) is 14.8. The van der Waals surface area contributed by atoms with Gasteiger partial charge in [-0.1, -0.05) is 12.1 Å². The number of carbonyl (C=O) groups is 3. The highest BCUT2D eigenvalue weighted by Gasteiger charge is 2.34. The maximum absolute atomic E-state index is 12.5. The first-order valence-electron chi connectivity index (χ1n) is 8.39. The molecule has 1 fully saturated rings. The molecule has 0 aliphatic carbocycles. The Balaban J connectivity index is 1.61. The molecule has 1 aliphatic heterocycles. The third kappa shape index (κ3) is 4.90. The molecule has 1 aliphatic rings. The van der Waals surface area contributed by atoms with Crippen molar-refractivity contribution in [2.75, 3.05) is 13.1 Å². The molecule has 1 heterocycles. The molecule has 0 aromatic heterocycles. The minimum atomic E-state index is -0.514. The third-order valence-corrected chi connectivity index (χ3v) is 5.61. The predicted molar refractivity (Wildman–Crippen MR) is 112 cm³/mol. The summed E-state index contributed by atoms with van der Waals surface area (Å²) in [5.41, 5.74) is 0.971. The van der Waals surface area contributed by atoms with Gasteiger partial charge in [-0.25, -0.2) is 0 Å². The lowest BCUT2D eigenvalue weighted by molar-refractivity contribution is -0.384. The van der Waals surface area contributed by atoms with E-state index in [1.165, 1.54) is 30.3 Å². The van der Waals surface area contributed by atoms with Crippen LogP contribution in [-0.4, -0.2) is 40.0 Å². The topological polar surface area (TPSA) is 110 Å². The number of nitro benzene ring substituents is 1. The van der Waals surface area contributed by atoms with Gasteiger partial charge in [0, 0.05) is 29.7 Å². The van der Waals surface area contributed by atoms with E-state index in [2.05, 4.69) is 21.2 Å². The molecule has 2 aromatic carbocycles. The minimum Gasteiger partial charge on any atom is -0.350 e. The second kappa shape index (κ2) is 9.01. The monoisotopic (exact) mass is 475 g/mol. The zero-order chi connectivity index (χ0) is 21.0. The van der Waals surface area contributed by atoms with Crippen LogP contribution in [-0.2, 0) is 4.79 Å². The molecule has 0 saturated carbocycles. The second-order valence-corrected chi connectivity index (χ2v) is 7.77. The summed E-state index contributed by atoms with van der Waals surface area (Å²) < 4.78 is 0.648. The lowest BCUT2D eigenvalue weighted by Crippen LogP contribution is -2.37. The van der Waals surface area contributed by atoms with Crippen LogP contribution in [0.25, 0.3) is 6.08 Å². The van der Waals surface area contributed by atoms with Gasteiger partial charge in [0.1, 0.15) is 0 Å². The Hall–Kier alpha value is -2.98. The van der Waals surface area contributed by atoms with Crippen molar-refractivity contribution in [3.8, 4) is 0 Å². The molecule has 1 saturated heterocycles. The number of hydrogen-bond acceptors (Lipinski definition) is 6. The van der Waals surface area contributed by atoms with Gasteiger partial charge in [0.2, 0.25) is 0 Å².